The summed E-state index contributed by atoms with van der Waals surface area (Å²) < 4.78 is 16.8. The molecule has 0 aliphatic rings. The molecule has 3 aromatic rings. The van der Waals surface area contributed by atoms with Crippen molar-refractivity contribution in [3.8, 4) is 23.3 Å². The van der Waals surface area contributed by atoms with E-state index in [1.807, 2.05) is 39.0 Å². The molecule has 180 valence electrons. The van der Waals surface area contributed by atoms with Gasteiger partial charge in [0.15, 0.2) is 11.5 Å². The van der Waals surface area contributed by atoms with Crippen LogP contribution in [-0.2, 0) is 11.4 Å². The molecule has 0 saturated carbocycles. The summed E-state index contributed by atoms with van der Waals surface area (Å²) in [5.41, 5.74) is 4.31. The van der Waals surface area contributed by atoms with Gasteiger partial charge < -0.3 is 19.5 Å². The number of carbonyl (C=O) groups is 1. The normalized spacial score (nSPS) is 10.9. The van der Waals surface area contributed by atoms with E-state index < -0.39 is 5.91 Å². The highest BCUT2D eigenvalue weighted by Crippen LogP contribution is 2.37. The van der Waals surface area contributed by atoms with Gasteiger partial charge in [-0.2, -0.15) is 5.26 Å². The van der Waals surface area contributed by atoms with Gasteiger partial charge in [0.25, 0.3) is 5.91 Å². The number of rotatable bonds is 9. The summed E-state index contributed by atoms with van der Waals surface area (Å²) in [6, 6.07) is 18.3. The van der Waals surface area contributed by atoms with Gasteiger partial charge in [-0.3, -0.25) is 4.79 Å². The monoisotopic (exact) mass is 490 g/mol. The maximum absolute atomic E-state index is 12.7. The van der Waals surface area contributed by atoms with Gasteiger partial charge in [0, 0.05) is 5.69 Å². The van der Waals surface area contributed by atoms with E-state index in [-0.39, 0.29) is 5.57 Å². The smallest absolute Gasteiger partial charge is 0.266 e. The summed E-state index contributed by atoms with van der Waals surface area (Å²) in [7, 11) is 1.51. The SMILES string of the molecule is CCOc1ccc(NC(=O)/C(C#N)=C/c2cc(Cl)c(OCc3cc(C)cc(C)c3)c(OC)c2)cc1. The van der Waals surface area contributed by atoms with Gasteiger partial charge in [-0.15, -0.1) is 0 Å². The molecule has 0 radical (unpaired) electrons. The third kappa shape index (κ3) is 7.02. The quantitative estimate of drug-likeness (QED) is 0.274. The van der Waals surface area contributed by atoms with E-state index in [2.05, 4.69) is 11.4 Å². The molecular weight excluding hydrogens is 464 g/mol. The molecular formula is C28H27ClN2O4. The van der Waals surface area contributed by atoms with Crippen molar-refractivity contribution in [2.24, 2.45) is 0 Å². The van der Waals surface area contributed by atoms with Crippen molar-refractivity contribution in [2.45, 2.75) is 27.4 Å². The zero-order valence-electron chi connectivity index (χ0n) is 20.1. The maximum Gasteiger partial charge on any atom is 0.266 e. The predicted octanol–water partition coefficient (Wildman–Crippen LogP) is 6.49. The van der Waals surface area contributed by atoms with Crippen molar-refractivity contribution in [1.82, 2.24) is 0 Å². The first-order chi connectivity index (χ1) is 16.8. The fourth-order valence-corrected chi connectivity index (χ4v) is 3.86. The summed E-state index contributed by atoms with van der Waals surface area (Å²) in [6.45, 7) is 6.83. The van der Waals surface area contributed by atoms with Crippen LogP contribution in [-0.4, -0.2) is 19.6 Å². The second-order valence-corrected chi connectivity index (χ2v) is 8.31. The molecule has 0 unspecified atom stereocenters. The second-order valence-electron chi connectivity index (χ2n) is 7.90. The summed E-state index contributed by atoms with van der Waals surface area (Å²) >= 11 is 6.49. The van der Waals surface area contributed by atoms with Crippen molar-refractivity contribution in [2.75, 3.05) is 19.0 Å². The van der Waals surface area contributed by atoms with Crippen LogP contribution < -0.4 is 19.5 Å². The lowest BCUT2D eigenvalue weighted by atomic mass is 10.1. The van der Waals surface area contributed by atoms with Gasteiger partial charge in [0.05, 0.1) is 18.7 Å². The number of aryl methyl sites for hydroxylation is 2. The number of amides is 1. The Hall–Kier alpha value is -3.95. The zero-order chi connectivity index (χ0) is 25.4. The number of hydrogen-bond acceptors (Lipinski definition) is 5. The van der Waals surface area contributed by atoms with Crippen LogP contribution in [0.3, 0.4) is 0 Å². The van der Waals surface area contributed by atoms with Gasteiger partial charge >= 0.3 is 0 Å². The van der Waals surface area contributed by atoms with Crippen LogP contribution >= 0.6 is 11.6 Å². The molecule has 6 nitrogen and oxygen atoms in total. The van der Waals surface area contributed by atoms with Crippen molar-refractivity contribution in [3.63, 3.8) is 0 Å². The summed E-state index contributed by atoms with van der Waals surface area (Å²) in [6.07, 6.45) is 1.45. The van der Waals surface area contributed by atoms with Crippen molar-refractivity contribution < 1.29 is 19.0 Å². The number of hydrogen-bond donors (Lipinski definition) is 1. The van der Waals surface area contributed by atoms with Crippen LogP contribution in [0.2, 0.25) is 5.02 Å². The molecule has 1 amide bonds. The molecule has 0 bridgehead atoms. The number of nitriles is 1. The van der Waals surface area contributed by atoms with E-state index in [1.54, 1.807) is 36.4 Å². The summed E-state index contributed by atoms with van der Waals surface area (Å²) in [4.78, 5) is 12.7. The summed E-state index contributed by atoms with van der Waals surface area (Å²) in [5, 5.41) is 12.6. The molecule has 1 N–H and O–H groups in total. The van der Waals surface area contributed by atoms with Gasteiger partial charge in [-0.05, 0) is 74.4 Å². The third-order valence-electron chi connectivity index (χ3n) is 5.02. The fourth-order valence-electron chi connectivity index (χ4n) is 3.59. The zero-order valence-corrected chi connectivity index (χ0v) is 20.9. The Morgan fingerprint density at radius 3 is 2.34 bits per heavy atom. The third-order valence-corrected chi connectivity index (χ3v) is 5.30. The van der Waals surface area contributed by atoms with Crippen LogP contribution in [0.4, 0.5) is 5.69 Å². The number of nitrogens with one attached hydrogen (secondary N) is 1. The van der Waals surface area contributed by atoms with Crippen molar-refractivity contribution in [1.29, 1.82) is 5.26 Å². The number of ether oxygens (including phenoxy) is 3. The van der Waals surface area contributed by atoms with Gasteiger partial charge in [0.1, 0.15) is 24.0 Å². The second kappa shape index (κ2) is 12.0. The Labute approximate surface area is 210 Å². The van der Waals surface area contributed by atoms with Crippen molar-refractivity contribution >= 4 is 29.3 Å². The Morgan fingerprint density at radius 1 is 1.06 bits per heavy atom. The number of carbonyl (C=O) groups excluding carboxylic acids is 1. The number of methoxy groups -OCH3 is 1. The first-order valence-corrected chi connectivity index (χ1v) is 11.4. The first kappa shape index (κ1) is 25.7. The molecule has 3 aromatic carbocycles. The minimum atomic E-state index is -0.540. The summed E-state index contributed by atoms with van der Waals surface area (Å²) in [5.74, 6) is 0.949. The van der Waals surface area contributed by atoms with Crippen molar-refractivity contribution in [3.05, 3.63) is 87.4 Å². The molecule has 35 heavy (non-hydrogen) atoms. The molecule has 7 heteroatoms. The van der Waals surface area contributed by atoms with Crippen LogP contribution in [0.5, 0.6) is 17.2 Å². The lowest BCUT2D eigenvalue weighted by Crippen LogP contribution is -2.13. The molecule has 0 saturated heterocycles. The standard InChI is InChI=1S/C28H27ClN2O4/c1-5-34-24-8-6-23(7-9-24)31-28(32)22(16-30)13-20-14-25(29)27(26(15-20)33-4)35-17-21-11-18(2)10-19(3)12-21/h6-15H,5,17H2,1-4H3,(H,31,32)/b22-13+. The molecule has 0 heterocycles. The Bertz CT molecular complexity index is 1260. The van der Waals surface area contributed by atoms with Gasteiger partial charge in [0.2, 0.25) is 0 Å². The van der Waals surface area contributed by atoms with Gasteiger partial charge in [-0.25, -0.2) is 0 Å². The average Bonchev–Trinajstić information content (AvgIpc) is 2.82. The van der Waals surface area contributed by atoms with E-state index in [0.29, 0.717) is 46.7 Å². The highest BCUT2D eigenvalue weighted by Gasteiger charge is 2.15. The fraction of sp³-hybridized carbons (Fsp3) is 0.214. The highest BCUT2D eigenvalue weighted by molar-refractivity contribution is 6.32. The molecule has 0 aliphatic carbocycles. The minimum Gasteiger partial charge on any atom is -0.494 e. The molecule has 0 aromatic heterocycles. The number of halogens is 1. The van der Waals surface area contributed by atoms with E-state index in [1.165, 1.54) is 13.2 Å². The molecule has 0 atom stereocenters. The largest absolute Gasteiger partial charge is 0.494 e. The minimum absolute atomic E-state index is 0.0825. The van der Waals surface area contributed by atoms with E-state index in [4.69, 9.17) is 25.8 Å². The highest BCUT2D eigenvalue weighted by atomic mass is 35.5. The number of anilines is 1. The lowest BCUT2D eigenvalue weighted by Gasteiger charge is -2.14. The van der Waals surface area contributed by atoms with Gasteiger partial charge in [-0.1, -0.05) is 40.9 Å². The topological polar surface area (TPSA) is 80.6 Å². The first-order valence-electron chi connectivity index (χ1n) is 11.1. The van der Waals surface area contributed by atoms with Crippen LogP contribution in [0.15, 0.2) is 60.2 Å². The van der Waals surface area contributed by atoms with E-state index in [0.717, 1.165) is 16.7 Å². The van der Waals surface area contributed by atoms with E-state index in [9.17, 15) is 10.1 Å². The van der Waals surface area contributed by atoms with Crippen LogP contribution in [0.25, 0.3) is 6.08 Å². The molecule has 0 aliphatic heterocycles. The molecule has 0 fully saturated rings. The number of nitrogens with zero attached hydrogens (tertiary/aromatic N) is 1. The molecule has 0 spiro atoms. The lowest BCUT2D eigenvalue weighted by molar-refractivity contribution is -0.112. The Balaban J connectivity index is 1.78. The van der Waals surface area contributed by atoms with Crippen LogP contribution in [0.1, 0.15) is 29.2 Å². The van der Waals surface area contributed by atoms with Crippen LogP contribution in [0, 0.1) is 25.2 Å². The average molecular weight is 491 g/mol. The van der Waals surface area contributed by atoms with E-state index >= 15 is 0 Å². The Morgan fingerprint density at radius 2 is 1.74 bits per heavy atom. The molecule has 3 rings (SSSR count). The predicted molar refractivity (Wildman–Crippen MR) is 138 cm³/mol. The number of benzene rings is 3. The Kier molecular flexibility index (Phi) is 8.77. The maximum atomic E-state index is 12.7.